The van der Waals surface area contributed by atoms with E-state index < -0.39 is 0 Å². The standard InChI is InChI=1S/C18H30O/c1-13(2)9-11-18-10-5-6-17(18)14(3)7-8-16(19)12-15(18)4/h6,13-15H,5,7-12H2,1-4H3/t14?,15-,18+/m0/s1. The van der Waals surface area contributed by atoms with Crippen LogP contribution in [0.1, 0.15) is 72.6 Å². The van der Waals surface area contributed by atoms with Crippen molar-refractivity contribution < 1.29 is 4.79 Å². The van der Waals surface area contributed by atoms with E-state index >= 15 is 0 Å². The lowest BCUT2D eigenvalue weighted by atomic mass is 9.61. The van der Waals surface area contributed by atoms with Gasteiger partial charge >= 0.3 is 0 Å². The average molecular weight is 262 g/mol. The van der Waals surface area contributed by atoms with Crippen LogP contribution in [-0.4, -0.2) is 5.78 Å². The molecule has 2 aliphatic rings. The van der Waals surface area contributed by atoms with Crippen molar-refractivity contribution in [1.82, 2.24) is 0 Å². The van der Waals surface area contributed by atoms with Gasteiger partial charge in [0, 0.05) is 12.8 Å². The van der Waals surface area contributed by atoms with Crippen molar-refractivity contribution in [3.8, 4) is 0 Å². The second-order valence-electron chi connectivity index (χ2n) is 7.37. The number of carbonyl (C=O) groups excluding carboxylic acids is 1. The van der Waals surface area contributed by atoms with Crippen molar-refractivity contribution in [2.75, 3.05) is 0 Å². The topological polar surface area (TPSA) is 17.1 Å². The van der Waals surface area contributed by atoms with Gasteiger partial charge in [-0.05, 0) is 48.9 Å². The normalized spacial score (nSPS) is 35.8. The van der Waals surface area contributed by atoms with Crippen LogP contribution in [0.25, 0.3) is 0 Å². The lowest BCUT2D eigenvalue weighted by Crippen LogP contribution is -2.35. The van der Waals surface area contributed by atoms with E-state index in [9.17, 15) is 4.79 Å². The Bertz CT molecular complexity index is 366. The maximum absolute atomic E-state index is 12.0. The molecule has 1 unspecified atom stereocenters. The van der Waals surface area contributed by atoms with E-state index in [0.717, 1.165) is 25.2 Å². The van der Waals surface area contributed by atoms with Gasteiger partial charge in [-0.2, -0.15) is 0 Å². The number of allylic oxidation sites excluding steroid dienone is 2. The van der Waals surface area contributed by atoms with E-state index in [-0.39, 0.29) is 0 Å². The number of hydrogen-bond acceptors (Lipinski definition) is 1. The Morgan fingerprint density at radius 3 is 2.79 bits per heavy atom. The maximum atomic E-state index is 12.0. The summed E-state index contributed by atoms with van der Waals surface area (Å²) in [5.74, 6) is 2.41. The highest BCUT2D eigenvalue weighted by Gasteiger charge is 2.44. The monoisotopic (exact) mass is 262 g/mol. The number of ketones is 1. The van der Waals surface area contributed by atoms with Gasteiger partial charge in [0.2, 0.25) is 0 Å². The van der Waals surface area contributed by atoms with Crippen molar-refractivity contribution in [2.24, 2.45) is 23.2 Å². The first-order valence-corrected chi connectivity index (χ1v) is 8.18. The highest BCUT2D eigenvalue weighted by Crippen LogP contribution is 2.54. The van der Waals surface area contributed by atoms with E-state index in [1.54, 1.807) is 5.57 Å². The predicted molar refractivity (Wildman–Crippen MR) is 81.0 cm³/mol. The summed E-state index contributed by atoms with van der Waals surface area (Å²) in [5, 5.41) is 0. The molecule has 108 valence electrons. The van der Waals surface area contributed by atoms with Gasteiger partial charge < -0.3 is 0 Å². The highest BCUT2D eigenvalue weighted by molar-refractivity contribution is 5.79. The summed E-state index contributed by atoms with van der Waals surface area (Å²) < 4.78 is 0. The fourth-order valence-electron chi connectivity index (χ4n) is 4.29. The predicted octanol–water partition coefficient (Wildman–Crippen LogP) is 5.15. The van der Waals surface area contributed by atoms with Gasteiger partial charge in [-0.15, -0.1) is 0 Å². The number of fused-ring (bicyclic) bond motifs is 1. The van der Waals surface area contributed by atoms with Gasteiger partial charge in [-0.3, -0.25) is 4.79 Å². The summed E-state index contributed by atoms with van der Waals surface area (Å²) in [7, 11) is 0. The van der Waals surface area contributed by atoms with Crippen molar-refractivity contribution in [3.63, 3.8) is 0 Å². The molecule has 0 bridgehead atoms. The quantitative estimate of drug-likeness (QED) is 0.642. The van der Waals surface area contributed by atoms with Crippen molar-refractivity contribution in [3.05, 3.63) is 11.6 Å². The van der Waals surface area contributed by atoms with Crippen LogP contribution in [0.3, 0.4) is 0 Å². The van der Waals surface area contributed by atoms with Crippen LogP contribution < -0.4 is 0 Å². The lowest BCUT2D eigenvalue weighted by molar-refractivity contribution is -0.121. The average Bonchev–Trinajstić information content (AvgIpc) is 2.77. The molecule has 0 amide bonds. The second kappa shape index (κ2) is 5.81. The zero-order valence-corrected chi connectivity index (χ0v) is 13.2. The number of rotatable bonds is 3. The molecule has 0 radical (unpaired) electrons. The fraction of sp³-hybridized carbons (Fsp3) is 0.833. The maximum Gasteiger partial charge on any atom is 0.133 e. The van der Waals surface area contributed by atoms with E-state index in [1.165, 1.54) is 25.7 Å². The van der Waals surface area contributed by atoms with Crippen molar-refractivity contribution >= 4 is 5.78 Å². The Morgan fingerprint density at radius 1 is 1.37 bits per heavy atom. The zero-order valence-electron chi connectivity index (χ0n) is 13.2. The summed E-state index contributed by atoms with van der Waals surface area (Å²) in [5.41, 5.74) is 2.05. The van der Waals surface area contributed by atoms with Crippen LogP contribution in [-0.2, 0) is 4.79 Å². The third-order valence-electron chi connectivity index (χ3n) is 5.56. The molecule has 0 aromatic rings. The molecule has 0 N–H and O–H groups in total. The molecule has 1 saturated carbocycles. The Labute approximate surface area is 118 Å². The molecular formula is C18H30O. The van der Waals surface area contributed by atoms with E-state index in [4.69, 9.17) is 0 Å². The summed E-state index contributed by atoms with van der Waals surface area (Å²) in [4.78, 5) is 12.0. The van der Waals surface area contributed by atoms with Gasteiger partial charge in [0.15, 0.2) is 0 Å². The Kier molecular flexibility index (Phi) is 4.53. The first-order valence-electron chi connectivity index (χ1n) is 8.18. The van der Waals surface area contributed by atoms with Gasteiger partial charge in [0.05, 0.1) is 0 Å². The Hall–Kier alpha value is -0.590. The Balaban J connectivity index is 2.26. The molecule has 1 heteroatoms. The second-order valence-corrected chi connectivity index (χ2v) is 7.37. The number of hydrogen-bond donors (Lipinski definition) is 0. The smallest absolute Gasteiger partial charge is 0.133 e. The van der Waals surface area contributed by atoms with Gasteiger partial charge in [0.1, 0.15) is 5.78 Å². The van der Waals surface area contributed by atoms with Crippen LogP contribution >= 0.6 is 0 Å². The molecule has 3 atom stereocenters. The molecule has 2 aliphatic carbocycles. The molecule has 1 nitrogen and oxygen atoms in total. The van der Waals surface area contributed by atoms with Gasteiger partial charge in [-0.1, -0.05) is 45.8 Å². The summed E-state index contributed by atoms with van der Waals surface area (Å²) in [6, 6.07) is 0. The summed E-state index contributed by atoms with van der Waals surface area (Å²) >= 11 is 0. The number of carbonyl (C=O) groups is 1. The van der Waals surface area contributed by atoms with Gasteiger partial charge in [-0.25, -0.2) is 0 Å². The third kappa shape index (κ3) is 2.95. The van der Waals surface area contributed by atoms with Crippen LogP contribution in [0.5, 0.6) is 0 Å². The molecule has 0 aliphatic heterocycles. The molecule has 0 spiro atoms. The van der Waals surface area contributed by atoms with E-state index in [2.05, 4.69) is 33.8 Å². The minimum atomic E-state index is 0.347. The van der Waals surface area contributed by atoms with Crippen LogP contribution in [0.15, 0.2) is 11.6 Å². The van der Waals surface area contributed by atoms with Crippen molar-refractivity contribution in [2.45, 2.75) is 72.6 Å². The fourth-order valence-corrected chi connectivity index (χ4v) is 4.29. The molecule has 0 saturated heterocycles. The third-order valence-corrected chi connectivity index (χ3v) is 5.56. The van der Waals surface area contributed by atoms with Crippen LogP contribution in [0.2, 0.25) is 0 Å². The first-order chi connectivity index (χ1) is 8.95. The largest absolute Gasteiger partial charge is 0.300 e. The molecule has 19 heavy (non-hydrogen) atoms. The molecule has 0 heterocycles. The summed E-state index contributed by atoms with van der Waals surface area (Å²) in [6.45, 7) is 9.30. The van der Waals surface area contributed by atoms with E-state index in [1.807, 2.05) is 0 Å². The Morgan fingerprint density at radius 2 is 2.11 bits per heavy atom. The van der Waals surface area contributed by atoms with Crippen LogP contribution in [0.4, 0.5) is 0 Å². The van der Waals surface area contributed by atoms with Crippen molar-refractivity contribution in [1.29, 1.82) is 0 Å². The van der Waals surface area contributed by atoms with E-state index in [0.29, 0.717) is 23.0 Å². The zero-order chi connectivity index (χ0) is 14.0. The number of Topliss-reactive ketones (excluding diaryl/α,β-unsaturated/α-hetero) is 1. The minimum absolute atomic E-state index is 0.347. The minimum Gasteiger partial charge on any atom is -0.300 e. The molecule has 2 rings (SSSR count). The molecular weight excluding hydrogens is 232 g/mol. The molecule has 0 aromatic heterocycles. The van der Waals surface area contributed by atoms with Gasteiger partial charge in [0.25, 0.3) is 0 Å². The van der Waals surface area contributed by atoms with Crippen LogP contribution in [0, 0.1) is 23.2 Å². The molecule has 0 aromatic carbocycles. The molecule has 1 fully saturated rings. The highest BCUT2D eigenvalue weighted by atomic mass is 16.1. The lowest BCUT2D eigenvalue weighted by Gasteiger charge is -2.43. The first kappa shape index (κ1) is 14.8. The summed E-state index contributed by atoms with van der Waals surface area (Å²) in [6.07, 6.45) is 10.3. The SMILES string of the molecule is CC(C)CC[C@@]12CCC=C1C(C)CCC(=O)C[C@@H]2C.